The summed E-state index contributed by atoms with van der Waals surface area (Å²) in [6, 6.07) is 13.3. The van der Waals surface area contributed by atoms with Crippen LogP contribution >= 0.6 is 23.1 Å². The Morgan fingerprint density at radius 1 is 1.22 bits per heavy atom. The molecule has 0 aliphatic carbocycles. The fraction of sp³-hybridized carbons (Fsp3) is 0.231. The number of anilines is 2. The summed E-state index contributed by atoms with van der Waals surface area (Å²) in [7, 11) is 0. The fourth-order valence-electron chi connectivity index (χ4n) is 4.50. The molecule has 9 nitrogen and oxygen atoms in total. The van der Waals surface area contributed by atoms with Gasteiger partial charge >= 0.3 is 0 Å². The number of nitrogens with zero attached hydrogens (tertiary/aromatic N) is 4. The predicted octanol–water partition coefficient (Wildman–Crippen LogP) is 4.96. The van der Waals surface area contributed by atoms with E-state index in [1.54, 1.807) is 12.3 Å². The van der Waals surface area contributed by atoms with Gasteiger partial charge in [-0.05, 0) is 60.9 Å². The first kappa shape index (κ1) is 23.7. The molecule has 2 aromatic carbocycles. The van der Waals surface area contributed by atoms with E-state index < -0.39 is 0 Å². The van der Waals surface area contributed by atoms with Gasteiger partial charge in [0.1, 0.15) is 23.3 Å². The first-order chi connectivity index (χ1) is 18.2. The molecular formula is C26H24ClN7O2S. The molecule has 5 aromatic rings. The van der Waals surface area contributed by atoms with Crippen molar-refractivity contribution in [3.05, 3.63) is 66.2 Å². The second kappa shape index (κ2) is 10.3. The van der Waals surface area contributed by atoms with Crippen LogP contribution < -0.4 is 20.7 Å². The van der Waals surface area contributed by atoms with Crippen LogP contribution in [0.5, 0.6) is 11.5 Å². The van der Waals surface area contributed by atoms with Gasteiger partial charge < -0.3 is 25.3 Å². The van der Waals surface area contributed by atoms with Crippen LogP contribution in [-0.2, 0) is 11.3 Å². The smallest absolute Gasteiger partial charge is 0.224 e. The van der Waals surface area contributed by atoms with Crippen LogP contribution in [-0.4, -0.2) is 44.5 Å². The SMILES string of the molecule is O=C(NCCn1ccc2ncnc(Nc3ccc(Oc4cccc5sncc45)c(Cl)c3)c21)C1CCNC1. The van der Waals surface area contributed by atoms with Crippen molar-refractivity contribution in [2.45, 2.75) is 13.0 Å². The number of benzene rings is 2. The Hall–Kier alpha value is -3.73. The maximum Gasteiger partial charge on any atom is 0.224 e. The van der Waals surface area contributed by atoms with Crippen molar-refractivity contribution in [3.63, 3.8) is 0 Å². The number of fused-ring (bicyclic) bond motifs is 2. The summed E-state index contributed by atoms with van der Waals surface area (Å²) in [6.07, 6.45) is 6.16. The van der Waals surface area contributed by atoms with E-state index in [1.807, 2.05) is 47.2 Å². The van der Waals surface area contributed by atoms with Crippen molar-refractivity contribution in [1.82, 2.24) is 29.5 Å². The lowest BCUT2D eigenvalue weighted by Gasteiger charge is -2.14. The van der Waals surface area contributed by atoms with Crippen molar-refractivity contribution < 1.29 is 9.53 Å². The number of carbonyl (C=O) groups excluding carboxylic acids is 1. The van der Waals surface area contributed by atoms with E-state index in [1.165, 1.54) is 17.9 Å². The van der Waals surface area contributed by atoms with Gasteiger partial charge in [0.15, 0.2) is 5.82 Å². The van der Waals surface area contributed by atoms with Crippen LogP contribution in [0.3, 0.4) is 0 Å². The molecule has 0 spiro atoms. The average molecular weight is 534 g/mol. The Kier molecular flexibility index (Phi) is 6.60. The Bertz CT molecular complexity index is 1580. The van der Waals surface area contributed by atoms with Crippen LogP contribution in [0.2, 0.25) is 5.02 Å². The second-order valence-corrected chi connectivity index (χ2v) is 10.1. The molecule has 1 aliphatic heterocycles. The van der Waals surface area contributed by atoms with Gasteiger partial charge in [-0.3, -0.25) is 4.79 Å². The summed E-state index contributed by atoms with van der Waals surface area (Å²) in [5.41, 5.74) is 2.43. The summed E-state index contributed by atoms with van der Waals surface area (Å²) >= 11 is 8.01. The van der Waals surface area contributed by atoms with Crippen molar-refractivity contribution in [3.8, 4) is 11.5 Å². The van der Waals surface area contributed by atoms with E-state index in [9.17, 15) is 4.79 Å². The van der Waals surface area contributed by atoms with Crippen LogP contribution in [0.15, 0.2) is 61.2 Å². The molecule has 0 radical (unpaired) electrons. The number of halogens is 1. The summed E-state index contributed by atoms with van der Waals surface area (Å²) in [6.45, 7) is 2.77. The zero-order valence-electron chi connectivity index (χ0n) is 19.8. The number of nitrogens with one attached hydrogen (secondary N) is 3. The van der Waals surface area contributed by atoms with E-state index in [0.717, 1.165) is 46.3 Å². The molecule has 6 rings (SSSR count). The first-order valence-corrected chi connectivity index (χ1v) is 13.2. The van der Waals surface area contributed by atoms with Crippen molar-refractivity contribution in [2.75, 3.05) is 25.0 Å². The van der Waals surface area contributed by atoms with Gasteiger partial charge in [0.2, 0.25) is 5.91 Å². The molecule has 0 bridgehead atoms. The highest BCUT2D eigenvalue weighted by atomic mass is 35.5. The van der Waals surface area contributed by atoms with Crippen LogP contribution in [0.25, 0.3) is 21.1 Å². The molecule has 0 saturated carbocycles. The van der Waals surface area contributed by atoms with E-state index >= 15 is 0 Å². The highest BCUT2D eigenvalue weighted by Crippen LogP contribution is 2.36. The summed E-state index contributed by atoms with van der Waals surface area (Å²) < 4.78 is 13.4. The monoisotopic (exact) mass is 533 g/mol. The Morgan fingerprint density at radius 3 is 3.03 bits per heavy atom. The molecule has 4 heterocycles. The molecule has 3 N–H and O–H groups in total. The fourth-order valence-corrected chi connectivity index (χ4v) is 5.39. The third-order valence-electron chi connectivity index (χ3n) is 6.41. The van der Waals surface area contributed by atoms with E-state index in [0.29, 0.717) is 35.4 Å². The minimum atomic E-state index is 0.0495. The maximum atomic E-state index is 12.3. The normalized spacial score (nSPS) is 15.3. The topological polar surface area (TPSA) is 106 Å². The number of hydrogen-bond acceptors (Lipinski definition) is 8. The highest BCUT2D eigenvalue weighted by Gasteiger charge is 2.22. The van der Waals surface area contributed by atoms with Crippen molar-refractivity contribution in [2.24, 2.45) is 5.92 Å². The number of amides is 1. The van der Waals surface area contributed by atoms with Gasteiger partial charge in [-0.1, -0.05) is 17.7 Å². The number of aromatic nitrogens is 4. The summed E-state index contributed by atoms with van der Waals surface area (Å²) in [5.74, 6) is 2.06. The number of carbonyl (C=O) groups is 1. The third-order valence-corrected chi connectivity index (χ3v) is 7.47. The minimum absolute atomic E-state index is 0.0495. The molecule has 1 saturated heterocycles. The molecule has 1 fully saturated rings. The average Bonchev–Trinajstić information content (AvgIpc) is 3.67. The maximum absolute atomic E-state index is 12.3. The van der Waals surface area contributed by atoms with Gasteiger partial charge in [0, 0.05) is 31.5 Å². The van der Waals surface area contributed by atoms with Gasteiger partial charge in [-0.15, -0.1) is 0 Å². The molecular weight excluding hydrogens is 510 g/mol. The first-order valence-electron chi connectivity index (χ1n) is 12.0. The van der Waals surface area contributed by atoms with E-state index in [4.69, 9.17) is 16.3 Å². The number of ether oxygens (including phenoxy) is 1. The Balaban J connectivity index is 1.18. The number of rotatable bonds is 8. The molecule has 3 aromatic heterocycles. The van der Waals surface area contributed by atoms with Crippen LogP contribution in [0, 0.1) is 5.92 Å². The molecule has 1 unspecified atom stereocenters. The lowest BCUT2D eigenvalue weighted by molar-refractivity contribution is -0.124. The van der Waals surface area contributed by atoms with Crippen molar-refractivity contribution >= 4 is 61.7 Å². The zero-order chi connectivity index (χ0) is 25.2. The van der Waals surface area contributed by atoms with Gasteiger partial charge in [0.05, 0.1) is 32.7 Å². The molecule has 1 amide bonds. The minimum Gasteiger partial charge on any atom is -0.455 e. The van der Waals surface area contributed by atoms with Gasteiger partial charge in [-0.2, -0.15) is 4.37 Å². The highest BCUT2D eigenvalue weighted by molar-refractivity contribution is 7.13. The molecule has 11 heteroatoms. The van der Waals surface area contributed by atoms with E-state index in [2.05, 4.69) is 30.3 Å². The Morgan fingerprint density at radius 2 is 2.16 bits per heavy atom. The zero-order valence-corrected chi connectivity index (χ0v) is 21.4. The number of hydrogen-bond donors (Lipinski definition) is 3. The predicted molar refractivity (Wildman–Crippen MR) is 146 cm³/mol. The van der Waals surface area contributed by atoms with Crippen LogP contribution in [0.1, 0.15) is 6.42 Å². The standard InChI is InChI=1S/C26H24ClN7O2S/c27-19-12-17(4-5-22(19)36-21-2-1-3-23-18(21)14-32-37-23)33-25-24-20(30-15-31-25)7-10-34(24)11-9-29-26(35)16-6-8-28-13-16/h1-5,7,10,12,14-16,28H,6,8-9,11,13H2,(H,29,35)(H,30,31,33). The molecule has 1 aliphatic rings. The Labute approximate surface area is 222 Å². The molecule has 188 valence electrons. The van der Waals surface area contributed by atoms with Crippen LogP contribution in [0.4, 0.5) is 11.5 Å². The van der Waals surface area contributed by atoms with Gasteiger partial charge in [-0.25, -0.2) is 9.97 Å². The third kappa shape index (κ3) is 4.95. The lowest BCUT2D eigenvalue weighted by Crippen LogP contribution is -2.34. The second-order valence-electron chi connectivity index (χ2n) is 8.81. The summed E-state index contributed by atoms with van der Waals surface area (Å²) in [4.78, 5) is 21.2. The summed E-state index contributed by atoms with van der Waals surface area (Å²) in [5, 5.41) is 11.0. The molecule has 37 heavy (non-hydrogen) atoms. The quantitative estimate of drug-likeness (QED) is 0.259. The largest absolute Gasteiger partial charge is 0.455 e. The van der Waals surface area contributed by atoms with Crippen molar-refractivity contribution in [1.29, 1.82) is 0 Å². The van der Waals surface area contributed by atoms with Gasteiger partial charge in [0.25, 0.3) is 0 Å². The lowest BCUT2D eigenvalue weighted by atomic mass is 10.1. The molecule has 1 atom stereocenters. The van der Waals surface area contributed by atoms with E-state index in [-0.39, 0.29) is 11.8 Å².